The number of carbonyl (C=O) groups excluding carboxylic acids is 2. The van der Waals surface area contributed by atoms with Crippen LogP contribution in [0.1, 0.15) is 71.9 Å². The number of benzene rings is 4. The molecule has 6 aromatic rings. The molecule has 16 nitrogen and oxygen atoms in total. The lowest BCUT2D eigenvalue weighted by atomic mass is 10.0. The van der Waals surface area contributed by atoms with Crippen molar-refractivity contribution in [3.05, 3.63) is 130 Å². The first-order valence-corrected chi connectivity index (χ1v) is 23.5. The number of nitrogens with zero attached hydrogens (tertiary/aromatic N) is 8. The molecule has 4 N–H and O–H groups in total. The third-order valence-electron chi connectivity index (χ3n) is 12.5. The highest BCUT2D eigenvalue weighted by Crippen LogP contribution is 2.38. The molecule has 0 bridgehead atoms. The summed E-state index contributed by atoms with van der Waals surface area (Å²) in [7, 11) is 0. The van der Waals surface area contributed by atoms with Gasteiger partial charge in [-0.3, -0.25) is 9.59 Å². The summed E-state index contributed by atoms with van der Waals surface area (Å²) in [5, 5.41) is 12.1. The molecule has 2 fully saturated rings. The number of hydrogen-bond donors (Lipinski definition) is 4. The Morgan fingerprint density at radius 3 is 1.51 bits per heavy atom. The predicted octanol–water partition coefficient (Wildman–Crippen LogP) is 10.2. The number of halogens is 8. The fraction of sp³-hybridized carbons (Fsp3) is 0.360. The quantitative estimate of drug-likeness (QED) is 0.0633. The van der Waals surface area contributed by atoms with E-state index in [1.54, 1.807) is 37.3 Å². The lowest BCUT2D eigenvalue weighted by Gasteiger charge is -2.32. The second kappa shape index (κ2) is 23.1. The number of carbonyl (C=O) groups is 2. The van der Waals surface area contributed by atoms with Crippen molar-refractivity contribution in [3.63, 3.8) is 0 Å². The van der Waals surface area contributed by atoms with E-state index in [4.69, 9.17) is 9.47 Å². The van der Waals surface area contributed by atoms with Crippen molar-refractivity contribution in [2.75, 3.05) is 57.2 Å². The van der Waals surface area contributed by atoms with Crippen molar-refractivity contribution in [2.45, 2.75) is 90.1 Å². The molecule has 0 radical (unpaired) electrons. The topological polar surface area (TPSA) is 185 Å². The number of ether oxygens (including phenoxy) is 2. The molecule has 2 saturated heterocycles. The molecule has 0 atom stereocenters. The van der Waals surface area contributed by atoms with E-state index in [0.29, 0.717) is 121 Å². The van der Waals surface area contributed by atoms with Gasteiger partial charge >= 0.3 is 12.4 Å². The van der Waals surface area contributed by atoms with Crippen molar-refractivity contribution in [3.8, 4) is 0 Å². The second-order valence-corrected chi connectivity index (χ2v) is 17.7. The lowest BCUT2D eigenvalue weighted by Crippen LogP contribution is -2.38. The maximum atomic E-state index is 13.6. The van der Waals surface area contributed by atoms with Gasteiger partial charge in [0.15, 0.2) is 0 Å². The van der Waals surface area contributed by atoms with Crippen molar-refractivity contribution in [1.29, 1.82) is 0 Å². The van der Waals surface area contributed by atoms with Crippen LogP contribution in [0.2, 0.25) is 0 Å². The van der Waals surface area contributed by atoms with E-state index < -0.39 is 59.3 Å². The minimum absolute atomic E-state index is 0.0978. The second-order valence-electron chi connectivity index (χ2n) is 17.7. The van der Waals surface area contributed by atoms with Gasteiger partial charge in [0.05, 0.1) is 36.5 Å². The molecule has 24 heteroatoms. The van der Waals surface area contributed by atoms with Gasteiger partial charge in [-0.1, -0.05) is 12.1 Å². The largest absolute Gasteiger partial charge is 0.416 e. The first kappa shape index (κ1) is 52.7. The summed E-state index contributed by atoms with van der Waals surface area (Å²) in [4.78, 5) is 56.3. The lowest BCUT2D eigenvalue weighted by molar-refractivity contribution is -0.142. The van der Waals surface area contributed by atoms with Crippen molar-refractivity contribution in [1.82, 2.24) is 29.9 Å². The number of aromatic nitrogens is 6. The Labute approximate surface area is 419 Å². The molecular formula is C50H50F8N12O4. The van der Waals surface area contributed by atoms with E-state index in [2.05, 4.69) is 51.2 Å². The molecular weight excluding hydrogens is 985 g/mol. The molecule has 2 aliphatic rings. The normalized spacial score (nSPS) is 14.7. The molecule has 2 aromatic heterocycles. The Morgan fingerprint density at radius 2 is 1.05 bits per heavy atom. The molecule has 4 aromatic carbocycles. The fourth-order valence-corrected chi connectivity index (χ4v) is 8.43. The zero-order valence-electron chi connectivity index (χ0n) is 40.0. The summed E-state index contributed by atoms with van der Waals surface area (Å²) in [6.45, 7) is 4.93. The summed E-state index contributed by atoms with van der Waals surface area (Å²) in [5.74, 6) is -0.841. The minimum Gasteiger partial charge on any atom is -0.373 e. The molecule has 2 amide bonds. The Bertz CT molecular complexity index is 2930. The third-order valence-corrected chi connectivity index (χ3v) is 12.5. The number of amides is 2. The fourth-order valence-electron chi connectivity index (χ4n) is 8.43. The van der Waals surface area contributed by atoms with E-state index in [0.717, 1.165) is 6.07 Å². The molecule has 390 valence electrons. The van der Waals surface area contributed by atoms with Gasteiger partial charge in [-0.15, -0.1) is 0 Å². The Kier molecular flexibility index (Phi) is 16.4. The number of nitrogens with one attached hydrogen (secondary N) is 4. The number of alkyl halides is 6. The zero-order valence-corrected chi connectivity index (χ0v) is 40.0. The van der Waals surface area contributed by atoms with Gasteiger partial charge in [0.25, 0.3) is 0 Å². The summed E-state index contributed by atoms with van der Waals surface area (Å²) >= 11 is 0. The van der Waals surface area contributed by atoms with Gasteiger partial charge in [-0.05, 0) is 116 Å². The van der Waals surface area contributed by atoms with Crippen LogP contribution in [0.15, 0.2) is 85.5 Å². The highest BCUT2D eigenvalue weighted by Gasteiger charge is 2.37. The molecule has 74 heavy (non-hydrogen) atoms. The van der Waals surface area contributed by atoms with Crippen LogP contribution < -0.4 is 31.1 Å². The first-order valence-electron chi connectivity index (χ1n) is 23.5. The molecule has 8 rings (SSSR count). The minimum atomic E-state index is -4.85. The zero-order chi connectivity index (χ0) is 52.6. The highest BCUT2D eigenvalue weighted by atomic mass is 19.4. The van der Waals surface area contributed by atoms with Crippen LogP contribution >= 0.6 is 0 Å². The van der Waals surface area contributed by atoms with E-state index in [1.807, 2.05) is 22.8 Å². The summed E-state index contributed by atoms with van der Waals surface area (Å²) in [6, 6.07) is 15.1. The molecule has 0 aliphatic carbocycles. The van der Waals surface area contributed by atoms with Crippen LogP contribution in [-0.2, 0) is 44.6 Å². The monoisotopic (exact) mass is 1030 g/mol. The van der Waals surface area contributed by atoms with Crippen LogP contribution in [0.4, 0.5) is 81.7 Å². The number of piperidine rings is 2. The Morgan fingerprint density at radius 1 is 0.595 bits per heavy atom. The summed E-state index contributed by atoms with van der Waals surface area (Å²) in [5.41, 5.74) is 1.01. The van der Waals surface area contributed by atoms with Crippen LogP contribution in [0.25, 0.3) is 0 Å². The molecule has 0 spiro atoms. The van der Waals surface area contributed by atoms with E-state index in [9.17, 15) is 44.7 Å². The smallest absolute Gasteiger partial charge is 0.373 e. The van der Waals surface area contributed by atoms with Gasteiger partial charge in [0.1, 0.15) is 24.3 Å². The van der Waals surface area contributed by atoms with Gasteiger partial charge in [0.2, 0.25) is 35.6 Å². The average Bonchev–Trinajstić information content (AvgIpc) is 3.36. The van der Waals surface area contributed by atoms with Crippen molar-refractivity contribution >= 4 is 58.4 Å². The first-order chi connectivity index (χ1) is 35.3. The van der Waals surface area contributed by atoms with Crippen LogP contribution in [0, 0.1) is 25.5 Å². The average molecular weight is 1040 g/mol. The van der Waals surface area contributed by atoms with E-state index in [-0.39, 0.29) is 43.4 Å². The maximum Gasteiger partial charge on any atom is 0.416 e. The van der Waals surface area contributed by atoms with Crippen molar-refractivity contribution in [2.24, 2.45) is 0 Å². The van der Waals surface area contributed by atoms with Crippen LogP contribution in [0.3, 0.4) is 0 Å². The standard InChI is InChI=1S/C50H50F8N12O4/c1-29-39(5-3-7-41(29)65-45-59-27-61-47(67-45)69-17-13-36(14-18-69)73-25-31-21-34(51)24-35(52)22-31)63-43(71)11-12-44(72)64-40-6-4-8-42(30(40)2)66-46-60-28-62-48(68-46)70-19-15-37(16-20-70)74-26-32-23-33(49(53,54)55)9-10-38(32)50(56,57)58/h3-10,21-24,27-28,36-37H,11-20,25-26H2,1-2H3,(H,63,71)(H,64,72)(H,59,61,65,67)(H,60,62,66,68). The molecule has 0 saturated carbocycles. The van der Waals surface area contributed by atoms with Gasteiger partial charge in [-0.25, -0.2) is 28.7 Å². The predicted molar refractivity (Wildman–Crippen MR) is 258 cm³/mol. The van der Waals surface area contributed by atoms with Gasteiger partial charge in [-0.2, -0.15) is 36.3 Å². The van der Waals surface area contributed by atoms with Gasteiger partial charge < -0.3 is 40.5 Å². The van der Waals surface area contributed by atoms with Crippen molar-refractivity contribution < 1.29 is 54.2 Å². The SMILES string of the molecule is Cc1c(NC(=O)CCC(=O)Nc2cccc(Nc3ncnc(N4CCC(OCc5cc(C(F)(F)F)ccc5C(F)(F)F)CC4)n3)c2C)cccc1Nc1ncnc(N2CCC(OCc3cc(F)cc(F)c3)CC2)n1. The highest BCUT2D eigenvalue weighted by molar-refractivity contribution is 5.98. The summed E-state index contributed by atoms with van der Waals surface area (Å²) < 4.78 is 119. The summed E-state index contributed by atoms with van der Waals surface area (Å²) in [6.07, 6.45) is -5.80. The third kappa shape index (κ3) is 13.9. The van der Waals surface area contributed by atoms with Gasteiger partial charge in [0, 0.05) is 67.8 Å². The number of anilines is 8. The Balaban J connectivity index is 0.783. The van der Waals surface area contributed by atoms with E-state index >= 15 is 0 Å². The molecule has 0 unspecified atom stereocenters. The van der Waals surface area contributed by atoms with Crippen LogP contribution in [-0.4, -0.2) is 80.1 Å². The molecule has 4 heterocycles. The van der Waals surface area contributed by atoms with Crippen LogP contribution in [0.5, 0.6) is 0 Å². The number of rotatable bonds is 17. The Hall–Kier alpha value is -7.60. The molecule has 2 aliphatic heterocycles. The maximum absolute atomic E-state index is 13.6. The van der Waals surface area contributed by atoms with E-state index in [1.165, 1.54) is 24.8 Å². The number of hydrogen-bond acceptors (Lipinski definition) is 14.